The average Bonchev–Trinajstić information content (AvgIpc) is 3.24. The Kier molecular flexibility index (Phi) is 5.03. The van der Waals surface area contributed by atoms with Crippen LogP contribution in [0.5, 0.6) is 0 Å². The van der Waals surface area contributed by atoms with Crippen LogP contribution < -0.4 is 5.32 Å². The van der Waals surface area contributed by atoms with Gasteiger partial charge in [0.05, 0.1) is 11.3 Å². The van der Waals surface area contributed by atoms with E-state index in [0.29, 0.717) is 12.1 Å². The zero-order chi connectivity index (χ0) is 18.5. The van der Waals surface area contributed by atoms with Gasteiger partial charge >= 0.3 is 0 Å². The van der Waals surface area contributed by atoms with Crippen LogP contribution in [0.25, 0.3) is 21.8 Å². The van der Waals surface area contributed by atoms with Gasteiger partial charge in [0.1, 0.15) is 5.01 Å². The summed E-state index contributed by atoms with van der Waals surface area (Å²) in [6.45, 7) is 0.457. The van der Waals surface area contributed by atoms with Crippen molar-refractivity contribution in [3.05, 3.63) is 95.6 Å². The second-order valence-electron chi connectivity index (χ2n) is 6.03. The largest absolute Gasteiger partial charge is 0.348 e. The van der Waals surface area contributed by atoms with Crippen LogP contribution in [0.4, 0.5) is 0 Å². The topological polar surface area (TPSA) is 54.9 Å². The van der Waals surface area contributed by atoms with Gasteiger partial charge in [-0.15, -0.1) is 11.3 Å². The van der Waals surface area contributed by atoms with Gasteiger partial charge in [0.25, 0.3) is 5.91 Å². The van der Waals surface area contributed by atoms with Gasteiger partial charge < -0.3 is 5.32 Å². The van der Waals surface area contributed by atoms with Crippen LogP contribution in [0.15, 0.2) is 84.5 Å². The Morgan fingerprint density at radius 3 is 2.63 bits per heavy atom. The molecule has 5 heteroatoms. The molecule has 0 aliphatic heterocycles. The van der Waals surface area contributed by atoms with Gasteiger partial charge in [-0.1, -0.05) is 48.5 Å². The molecule has 132 valence electrons. The standard InChI is InChI=1S/C22H17N3OS/c26-21(19-10-5-11-23-14-19)24-13-16-6-4-9-18(12-16)22-25-20(15-27-22)17-7-2-1-3-8-17/h1-12,14-15H,13H2,(H,24,26). The molecule has 4 aromatic rings. The SMILES string of the molecule is O=C(NCc1cccc(-c2nc(-c3ccccc3)cs2)c1)c1cccnc1. The van der Waals surface area contributed by atoms with E-state index in [-0.39, 0.29) is 5.91 Å². The second-order valence-corrected chi connectivity index (χ2v) is 6.89. The first-order valence-electron chi connectivity index (χ1n) is 8.58. The summed E-state index contributed by atoms with van der Waals surface area (Å²) in [7, 11) is 0. The molecule has 27 heavy (non-hydrogen) atoms. The molecule has 1 amide bonds. The molecular weight excluding hydrogens is 354 g/mol. The van der Waals surface area contributed by atoms with E-state index < -0.39 is 0 Å². The lowest BCUT2D eigenvalue weighted by Crippen LogP contribution is -2.22. The summed E-state index contributed by atoms with van der Waals surface area (Å²) in [5, 5.41) is 5.97. The molecule has 0 aliphatic rings. The van der Waals surface area contributed by atoms with Crippen molar-refractivity contribution in [3.63, 3.8) is 0 Å². The molecule has 2 aromatic carbocycles. The zero-order valence-electron chi connectivity index (χ0n) is 14.5. The summed E-state index contributed by atoms with van der Waals surface area (Å²) >= 11 is 1.62. The lowest BCUT2D eigenvalue weighted by molar-refractivity contribution is 0.0950. The number of thiazole rings is 1. The van der Waals surface area contributed by atoms with Crippen LogP contribution >= 0.6 is 11.3 Å². The molecule has 0 unspecified atom stereocenters. The van der Waals surface area contributed by atoms with E-state index in [9.17, 15) is 4.79 Å². The highest BCUT2D eigenvalue weighted by Crippen LogP contribution is 2.29. The third-order valence-electron chi connectivity index (χ3n) is 4.12. The van der Waals surface area contributed by atoms with Gasteiger partial charge in [-0.25, -0.2) is 4.98 Å². The van der Waals surface area contributed by atoms with Crippen LogP contribution in [0.2, 0.25) is 0 Å². The maximum atomic E-state index is 12.2. The minimum atomic E-state index is -0.130. The summed E-state index contributed by atoms with van der Waals surface area (Å²) in [4.78, 5) is 20.9. The Labute approximate surface area is 161 Å². The number of nitrogens with zero attached hydrogens (tertiary/aromatic N) is 2. The predicted octanol–water partition coefficient (Wildman–Crippen LogP) is 4.80. The highest BCUT2D eigenvalue weighted by molar-refractivity contribution is 7.13. The average molecular weight is 371 g/mol. The number of benzene rings is 2. The van der Waals surface area contributed by atoms with Crippen LogP contribution in [-0.4, -0.2) is 15.9 Å². The molecular formula is C22H17N3OS. The summed E-state index contributed by atoms with van der Waals surface area (Å²) in [6, 6.07) is 21.7. The van der Waals surface area contributed by atoms with Crippen molar-refractivity contribution in [1.82, 2.24) is 15.3 Å². The van der Waals surface area contributed by atoms with Gasteiger partial charge in [-0.05, 0) is 23.8 Å². The number of pyridine rings is 1. The zero-order valence-corrected chi connectivity index (χ0v) is 15.3. The fourth-order valence-corrected chi connectivity index (χ4v) is 3.57. The third-order valence-corrected chi connectivity index (χ3v) is 5.02. The number of rotatable bonds is 5. The van der Waals surface area contributed by atoms with E-state index in [1.165, 1.54) is 0 Å². The van der Waals surface area contributed by atoms with Crippen molar-refractivity contribution in [2.75, 3.05) is 0 Å². The van der Waals surface area contributed by atoms with Gasteiger partial charge in [-0.3, -0.25) is 9.78 Å². The molecule has 4 nitrogen and oxygen atoms in total. The second kappa shape index (κ2) is 7.93. The summed E-state index contributed by atoms with van der Waals surface area (Å²) in [6.07, 6.45) is 3.21. The monoisotopic (exact) mass is 371 g/mol. The van der Waals surface area contributed by atoms with E-state index in [1.54, 1.807) is 35.9 Å². The fourth-order valence-electron chi connectivity index (χ4n) is 2.74. The van der Waals surface area contributed by atoms with Crippen molar-refractivity contribution in [2.45, 2.75) is 6.54 Å². The normalized spacial score (nSPS) is 10.5. The van der Waals surface area contributed by atoms with E-state index >= 15 is 0 Å². The maximum Gasteiger partial charge on any atom is 0.253 e. The third kappa shape index (κ3) is 4.10. The predicted molar refractivity (Wildman–Crippen MR) is 108 cm³/mol. The van der Waals surface area contributed by atoms with E-state index in [4.69, 9.17) is 4.98 Å². The molecule has 1 N–H and O–H groups in total. The molecule has 0 spiro atoms. The lowest BCUT2D eigenvalue weighted by atomic mass is 10.1. The van der Waals surface area contributed by atoms with Crippen molar-refractivity contribution >= 4 is 17.2 Å². The van der Waals surface area contributed by atoms with Crippen molar-refractivity contribution in [2.24, 2.45) is 0 Å². The van der Waals surface area contributed by atoms with Crippen molar-refractivity contribution < 1.29 is 4.79 Å². The first kappa shape index (κ1) is 17.1. The number of hydrogen-bond acceptors (Lipinski definition) is 4. The number of hydrogen-bond donors (Lipinski definition) is 1. The Balaban J connectivity index is 1.48. The highest BCUT2D eigenvalue weighted by atomic mass is 32.1. The Morgan fingerprint density at radius 1 is 0.963 bits per heavy atom. The Bertz CT molecular complexity index is 1050. The molecule has 0 saturated heterocycles. The highest BCUT2D eigenvalue weighted by Gasteiger charge is 2.08. The Morgan fingerprint density at radius 2 is 1.81 bits per heavy atom. The number of carbonyl (C=O) groups is 1. The first-order chi connectivity index (χ1) is 13.3. The van der Waals surface area contributed by atoms with Gasteiger partial charge in [0.2, 0.25) is 0 Å². The molecule has 2 aromatic heterocycles. The lowest BCUT2D eigenvalue weighted by Gasteiger charge is -2.06. The van der Waals surface area contributed by atoms with Crippen molar-refractivity contribution in [3.8, 4) is 21.8 Å². The number of carbonyl (C=O) groups excluding carboxylic acids is 1. The molecule has 4 rings (SSSR count). The van der Waals surface area contributed by atoms with Crippen LogP contribution in [0, 0.1) is 0 Å². The van der Waals surface area contributed by atoms with Crippen LogP contribution in [-0.2, 0) is 6.54 Å². The minimum absolute atomic E-state index is 0.130. The first-order valence-corrected chi connectivity index (χ1v) is 9.46. The maximum absolute atomic E-state index is 12.2. The van der Waals surface area contributed by atoms with Gasteiger partial charge in [0.15, 0.2) is 0 Å². The molecule has 0 saturated carbocycles. The summed E-state index contributed by atoms with van der Waals surface area (Å²) in [5.41, 5.74) is 4.73. The molecule has 0 fully saturated rings. The van der Waals surface area contributed by atoms with Crippen LogP contribution in [0.1, 0.15) is 15.9 Å². The number of amides is 1. The van der Waals surface area contributed by atoms with Gasteiger partial charge in [-0.2, -0.15) is 0 Å². The number of nitrogens with one attached hydrogen (secondary N) is 1. The number of aromatic nitrogens is 2. The minimum Gasteiger partial charge on any atom is -0.348 e. The van der Waals surface area contributed by atoms with Crippen molar-refractivity contribution in [1.29, 1.82) is 0 Å². The summed E-state index contributed by atoms with van der Waals surface area (Å²) < 4.78 is 0. The van der Waals surface area contributed by atoms with Gasteiger partial charge in [0, 0.05) is 35.4 Å². The quantitative estimate of drug-likeness (QED) is 0.548. The molecule has 0 atom stereocenters. The van der Waals surface area contributed by atoms with E-state index in [1.807, 2.05) is 36.4 Å². The van der Waals surface area contributed by atoms with E-state index in [2.05, 4.69) is 33.9 Å². The Hall–Kier alpha value is -3.31. The molecule has 0 aliphatic carbocycles. The molecule has 0 bridgehead atoms. The van der Waals surface area contributed by atoms with E-state index in [0.717, 1.165) is 27.4 Å². The summed E-state index contributed by atoms with van der Waals surface area (Å²) in [5.74, 6) is -0.130. The van der Waals surface area contributed by atoms with Crippen LogP contribution in [0.3, 0.4) is 0 Å². The smallest absolute Gasteiger partial charge is 0.253 e. The molecule has 0 radical (unpaired) electrons. The molecule has 2 heterocycles. The fraction of sp³-hybridized carbons (Fsp3) is 0.0455.